The second kappa shape index (κ2) is 8.16. The Morgan fingerprint density at radius 3 is 2.46 bits per heavy atom. The van der Waals surface area contributed by atoms with Gasteiger partial charge in [0, 0.05) is 17.1 Å². The number of anilines is 1. The monoisotopic (exact) mass is 367 g/mol. The molecule has 1 aromatic carbocycles. The summed E-state index contributed by atoms with van der Waals surface area (Å²) in [6, 6.07) is 10.6. The Hall–Kier alpha value is -2.06. The molecule has 0 aliphatic carbocycles. The molecule has 130 valence electrons. The highest BCUT2D eigenvalue weighted by Gasteiger charge is 2.13. The number of hydrogen-bond acceptors (Lipinski definition) is 4. The van der Waals surface area contributed by atoms with E-state index < -0.39 is 10.0 Å². The first kappa shape index (κ1) is 18.3. The van der Waals surface area contributed by atoms with Crippen molar-refractivity contribution in [3.63, 3.8) is 0 Å². The van der Waals surface area contributed by atoms with Crippen LogP contribution in [0.4, 0.5) is 10.5 Å². The van der Waals surface area contributed by atoms with Crippen LogP contribution in [0.1, 0.15) is 29.8 Å². The lowest BCUT2D eigenvalue weighted by Crippen LogP contribution is -2.37. The molecule has 3 N–H and O–H groups in total. The van der Waals surface area contributed by atoms with Gasteiger partial charge >= 0.3 is 6.03 Å². The number of carbonyl (C=O) groups is 1. The van der Waals surface area contributed by atoms with Crippen LogP contribution in [0.5, 0.6) is 0 Å². The van der Waals surface area contributed by atoms with E-state index in [1.165, 1.54) is 0 Å². The molecular weight excluding hydrogens is 346 g/mol. The van der Waals surface area contributed by atoms with Gasteiger partial charge in [0.1, 0.15) is 0 Å². The molecule has 2 amide bonds. The fourth-order valence-corrected chi connectivity index (χ4v) is 3.59. The summed E-state index contributed by atoms with van der Waals surface area (Å²) in [4.78, 5) is 13.2. The molecule has 0 saturated heterocycles. The normalized spacial score (nSPS) is 12.4. The molecule has 0 fully saturated rings. The van der Waals surface area contributed by atoms with Crippen LogP contribution in [-0.2, 0) is 16.6 Å². The largest absolute Gasteiger partial charge is 0.334 e. The highest BCUT2D eigenvalue weighted by molar-refractivity contribution is 7.92. The minimum atomic E-state index is -3.28. The molecule has 0 aliphatic rings. The third kappa shape index (κ3) is 5.86. The van der Waals surface area contributed by atoms with Gasteiger partial charge < -0.3 is 10.6 Å². The molecule has 0 bridgehead atoms. The SMILES string of the molecule is CC[C@H](NC(=O)NCc1ccc(NS(C)(=O)=O)cc1)c1cccs1. The smallest absolute Gasteiger partial charge is 0.315 e. The minimum absolute atomic E-state index is 0.00587. The molecule has 0 aliphatic heterocycles. The number of rotatable bonds is 7. The Bertz CT molecular complexity index is 756. The number of hydrogen-bond donors (Lipinski definition) is 3. The molecule has 0 saturated carbocycles. The third-order valence-corrected chi connectivity index (χ3v) is 4.90. The summed E-state index contributed by atoms with van der Waals surface area (Å²) in [5.41, 5.74) is 1.38. The van der Waals surface area contributed by atoms with Crippen molar-refractivity contribution < 1.29 is 13.2 Å². The van der Waals surface area contributed by atoms with Gasteiger partial charge in [-0.15, -0.1) is 11.3 Å². The minimum Gasteiger partial charge on any atom is -0.334 e. The molecule has 6 nitrogen and oxygen atoms in total. The van der Waals surface area contributed by atoms with Gasteiger partial charge in [-0.05, 0) is 35.6 Å². The van der Waals surface area contributed by atoms with E-state index in [2.05, 4.69) is 15.4 Å². The summed E-state index contributed by atoms with van der Waals surface area (Å²) in [7, 11) is -3.28. The maximum absolute atomic E-state index is 12.0. The van der Waals surface area contributed by atoms with Crippen molar-refractivity contribution in [2.45, 2.75) is 25.9 Å². The zero-order valence-corrected chi connectivity index (χ0v) is 15.2. The average Bonchev–Trinajstić information content (AvgIpc) is 3.04. The molecule has 1 heterocycles. The van der Waals surface area contributed by atoms with E-state index in [1.807, 2.05) is 24.4 Å². The highest BCUT2D eigenvalue weighted by Crippen LogP contribution is 2.21. The van der Waals surface area contributed by atoms with E-state index in [-0.39, 0.29) is 12.1 Å². The topological polar surface area (TPSA) is 87.3 Å². The van der Waals surface area contributed by atoms with Gasteiger partial charge in [0.2, 0.25) is 10.0 Å². The van der Waals surface area contributed by atoms with Crippen molar-refractivity contribution in [1.82, 2.24) is 10.6 Å². The summed E-state index contributed by atoms with van der Waals surface area (Å²) < 4.78 is 24.7. The second-order valence-corrected chi connectivity index (χ2v) is 8.10. The van der Waals surface area contributed by atoms with Gasteiger partial charge in [0.15, 0.2) is 0 Å². The van der Waals surface area contributed by atoms with Gasteiger partial charge in [0.25, 0.3) is 0 Å². The van der Waals surface area contributed by atoms with Crippen molar-refractivity contribution in [1.29, 1.82) is 0 Å². The van der Waals surface area contributed by atoms with Crippen LogP contribution in [0.25, 0.3) is 0 Å². The number of sulfonamides is 1. The molecule has 0 radical (unpaired) electrons. The van der Waals surface area contributed by atoms with Crippen LogP contribution >= 0.6 is 11.3 Å². The second-order valence-electron chi connectivity index (χ2n) is 5.37. The maximum atomic E-state index is 12.0. The first-order chi connectivity index (χ1) is 11.4. The molecule has 2 aromatic rings. The average molecular weight is 367 g/mol. The molecule has 2 rings (SSSR count). The summed E-state index contributed by atoms with van der Waals surface area (Å²) in [6.45, 7) is 2.39. The van der Waals surface area contributed by atoms with Crippen molar-refractivity contribution in [3.8, 4) is 0 Å². The first-order valence-corrected chi connectivity index (χ1v) is 10.3. The predicted octanol–water partition coefficient (Wildman–Crippen LogP) is 3.07. The molecule has 0 unspecified atom stereocenters. The fraction of sp³-hybridized carbons (Fsp3) is 0.312. The van der Waals surface area contributed by atoms with Gasteiger partial charge in [-0.3, -0.25) is 4.72 Å². The Kier molecular flexibility index (Phi) is 6.22. The number of thiophene rings is 1. The van der Waals surface area contributed by atoms with Crippen LogP contribution in [0.3, 0.4) is 0 Å². The van der Waals surface area contributed by atoms with Crippen LogP contribution in [0.2, 0.25) is 0 Å². The van der Waals surface area contributed by atoms with Crippen LogP contribution < -0.4 is 15.4 Å². The lowest BCUT2D eigenvalue weighted by molar-refractivity contribution is 0.236. The number of urea groups is 1. The lowest BCUT2D eigenvalue weighted by Gasteiger charge is -2.16. The Balaban J connectivity index is 1.85. The van der Waals surface area contributed by atoms with E-state index in [0.717, 1.165) is 23.1 Å². The fourth-order valence-electron chi connectivity index (χ4n) is 2.16. The van der Waals surface area contributed by atoms with Gasteiger partial charge in [0.05, 0.1) is 12.3 Å². The van der Waals surface area contributed by atoms with E-state index in [0.29, 0.717) is 12.2 Å². The summed E-state index contributed by atoms with van der Waals surface area (Å²) in [6.07, 6.45) is 1.92. The van der Waals surface area contributed by atoms with Gasteiger partial charge in [-0.1, -0.05) is 25.1 Å². The molecular formula is C16H21N3O3S2. The number of benzene rings is 1. The van der Waals surface area contributed by atoms with Crippen molar-refractivity contribution >= 4 is 33.1 Å². The lowest BCUT2D eigenvalue weighted by atomic mass is 10.2. The van der Waals surface area contributed by atoms with Crippen LogP contribution in [0, 0.1) is 0 Å². The predicted molar refractivity (Wildman–Crippen MR) is 97.6 cm³/mol. The molecule has 8 heteroatoms. The van der Waals surface area contributed by atoms with Crippen molar-refractivity contribution in [2.24, 2.45) is 0 Å². The van der Waals surface area contributed by atoms with Crippen LogP contribution in [-0.4, -0.2) is 20.7 Å². The molecule has 1 atom stereocenters. The first-order valence-electron chi connectivity index (χ1n) is 7.52. The number of nitrogens with one attached hydrogen (secondary N) is 3. The van der Waals surface area contributed by atoms with Crippen molar-refractivity contribution in [2.75, 3.05) is 11.0 Å². The molecule has 24 heavy (non-hydrogen) atoms. The zero-order chi connectivity index (χ0) is 17.6. The highest BCUT2D eigenvalue weighted by atomic mass is 32.2. The maximum Gasteiger partial charge on any atom is 0.315 e. The van der Waals surface area contributed by atoms with Gasteiger partial charge in [-0.2, -0.15) is 0 Å². The third-order valence-electron chi connectivity index (χ3n) is 3.31. The Labute approximate surface area is 146 Å². The van der Waals surface area contributed by atoms with Crippen molar-refractivity contribution in [3.05, 3.63) is 52.2 Å². The Morgan fingerprint density at radius 1 is 1.21 bits per heavy atom. The molecule has 1 aromatic heterocycles. The molecule has 0 spiro atoms. The van der Waals surface area contributed by atoms with Gasteiger partial charge in [-0.25, -0.2) is 13.2 Å². The zero-order valence-electron chi connectivity index (χ0n) is 13.6. The number of amides is 2. The summed E-state index contributed by atoms with van der Waals surface area (Å²) in [5, 5.41) is 7.75. The Morgan fingerprint density at radius 2 is 1.92 bits per heavy atom. The summed E-state index contributed by atoms with van der Waals surface area (Å²) in [5.74, 6) is 0. The van der Waals surface area contributed by atoms with E-state index >= 15 is 0 Å². The van der Waals surface area contributed by atoms with E-state index in [1.54, 1.807) is 35.6 Å². The van der Waals surface area contributed by atoms with E-state index in [9.17, 15) is 13.2 Å². The van der Waals surface area contributed by atoms with E-state index in [4.69, 9.17) is 0 Å². The number of carbonyl (C=O) groups excluding carboxylic acids is 1. The van der Waals surface area contributed by atoms with Crippen LogP contribution in [0.15, 0.2) is 41.8 Å². The quantitative estimate of drug-likeness (QED) is 0.703. The summed E-state index contributed by atoms with van der Waals surface area (Å²) >= 11 is 1.62. The standard InChI is InChI=1S/C16H21N3O3S2/c1-3-14(15-5-4-10-23-15)18-16(20)17-11-12-6-8-13(9-7-12)19-24(2,21)22/h4-10,14,19H,3,11H2,1-2H3,(H2,17,18,20)/t14-/m0/s1.